The molecule has 1 heterocycles. The lowest BCUT2D eigenvalue weighted by molar-refractivity contribution is -0.123. The van der Waals surface area contributed by atoms with Crippen LogP contribution in [0, 0.1) is 6.92 Å². The van der Waals surface area contributed by atoms with Gasteiger partial charge in [-0.1, -0.05) is 53.0 Å². The highest BCUT2D eigenvalue weighted by atomic mass is 35.5. The van der Waals surface area contributed by atoms with E-state index in [4.69, 9.17) is 37.4 Å². The average Bonchev–Trinajstić information content (AvgIpc) is 3.11. The van der Waals surface area contributed by atoms with Crippen molar-refractivity contribution in [1.82, 2.24) is 4.90 Å². The number of thioether (sulfide) groups is 1. The van der Waals surface area contributed by atoms with Crippen molar-refractivity contribution in [2.75, 3.05) is 20.3 Å². The summed E-state index contributed by atoms with van der Waals surface area (Å²) in [6, 6.07) is 18.2. The van der Waals surface area contributed by atoms with E-state index in [0.717, 1.165) is 27.8 Å². The maximum Gasteiger partial charge on any atom is 0.293 e. The Morgan fingerprint density at radius 3 is 2.50 bits per heavy atom. The molecule has 1 aliphatic rings. The van der Waals surface area contributed by atoms with Crippen LogP contribution in [0.4, 0.5) is 4.79 Å². The molecule has 3 aromatic carbocycles. The van der Waals surface area contributed by atoms with Crippen LogP contribution in [0.2, 0.25) is 10.0 Å². The van der Waals surface area contributed by atoms with E-state index >= 15 is 0 Å². The zero-order chi connectivity index (χ0) is 25.7. The molecule has 0 aromatic heterocycles. The van der Waals surface area contributed by atoms with Gasteiger partial charge >= 0.3 is 0 Å². The van der Waals surface area contributed by atoms with Crippen molar-refractivity contribution in [3.63, 3.8) is 0 Å². The van der Waals surface area contributed by atoms with Gasteiger partial charge in [-0.05, 0) is 72.3 Å². The van der Waals surface area contributed by atoms with Crippen molar-refractivity contribution < 1.29 is 23.8 Å². The third-order valence-electron chi connectivity index (χ3n) is 5.29. The summed E-state index contributed by atoms with van der Waals surface area (Å²) in [6.07, 6.45) is 1.61. The molecule has 9 heteroatoms. The van der Waals surface area contributed by atoms with E-state index in [1.54, 1.807) is 42.5 Å². The van der Waals surface area contributed by atoms with Crippen molar-refractivity contribution >= 4 is 52.2 Å². The molecule has 3 aromatic rings. The van der Waals surface area contributed by atoms with Crippen LogP contribution >= 0.6 is 35.0 Å². The first-order valence-electron chi connectivity index (χ1n) is 11.0. The number of ether oxygens (including phenoxy) is 3. The fourth-order valence-electron chi connectivity index (χ4n) is 3.55. The summed E-state index contributed by atoms with van der Waals surface area (Å²) in [7, 11) is 1.52. The van der Waals surface area contributed by atoms with E-state index in [1.807, 2.05) is 31.2 Å². The Hall–Kier alpha value is -3.13. The van der Waals surface area contributed by atoms with Gasteiger partial charge in [0.2, 0.25) is 0 Å². The highest BCUT2D eigenvalue weighted by Gasteiger charge is 2.35. The number of carbonyl (C=O) groups is 2. The molecule has 0 unspecified atom stereocenters. The van der Waals surface area contributed by atoms with Gasteiger partial charge in [0.25, 0.3) is 11.1 Å². The van der Waals surface area contributed by atoms with E-state index in [1.165, 1.54) is 7.11 Å². The van der Waals surface area contributed by atoms with Crippen LogP contribution in [-0.4, -0.2) is 36.3 Å². The summed E-state index contributed by atoms with van der Waals surface area (Å²) in [6.45, 7) is 2.63. The Balaban J connectivity index is 1.43. The maximum atomic E-state index is 12.9. The molecule has 0 spiro atoms. The highest BCUT2D eigenvalue weighted by Crippen LogP contribution is 2.39. The van der Waals surface area contributed by atoms with Crippen LogP contribution < -0.4 is 14.2 Å². The number of benzene rings is 3. The number of halogens is 2. The van der Waals surface area contributed by atoms with Crippen LogP contribution in [0.15, 0.2) is 65.6 Å². The van der Waals surface area contributed by atoms with Gasteiger partial charge in [-0.15, -0.1) is 0 Å². The Bertz CT molecular complexity index is 1310. The number of aryl methyl sites for hydroxylation is 1. The Morgan fingerprint density at radius 2 is 1.78 bits per heavy atom. The zero-order valence-electron chi connectivity index (χ0n) is 19.6. The van der Waals surface area contributed by atoms with Crippen molar-refractivity contribution in [1.29, 1.82) is 0 Å². The molecule has 0 N–H and O–H groups in total. The summed E-state index contributed by atoms with van der Waals surface area (Å²) in [5, 5.41) is 0.576. The molecule has 4 rings (SSSR count). The van der Waals surface area contributed by atoms with Crippen LogP contribution in [0.3, 0.4) is 0 Å². The first-order chi connectivity index (χ1) is 17.3. The van der Waals surface area contributed by atoms with Gasteiger partial charge in [-0.25, -0.2) is 0 Å². The summed E-state index contributed by atoms with van der Waals surface area (Å²) >= 11 is 13.2. The Kier molecular flexibility index (Phi) is 8.46. The molecular weight excluding hydrogens is 521 g/mol. The van der Waals surface area contributed by atoms with Gasteiger partial charge in [-0.2, -0.15) is 0 Å². The van der Waals surface area contributed by atoms with Crippen LogP contribution in [-0.2, 0) is 11.4 Å². The van der Waals surface area contributed by atoms with Crippen LogP contribution in [0.25, 0.3) is 6.08 Å². The van der Waals surface area contributed by atoms with E-state index in [-0.39, 0.29) is 29.2 Å². The predicted octanol–water partition coefficient (Wildman–Crippen LogP) is 7.00. The van der Waals surface area contributed by atoms with E-state index in [0.29, 0.717) is 39.5 Å². The summed E-state index contributed by atoms with van der Waals surface area (Å²) < 4.78 is 17.0. The zero-order valence-corrected chi connectivity index (χ0v) is 22.0. The van der Waals surface area contributed by atoms with Crippen LogP contribution in [0.5, 0.6) is 17.2 Å². The molecule has 0 bridgehead atoms. The third kappa shape index (κ3) is 6.35. The van der Waals surface area contributed by atoms with Crippen molar-refractivity contribution in [3.8, 4) is 17.2 Å². The molecule has 0 radical (unpaired) electrons. The minimum atomic E-state index is -0.389. The lowest BCUT2D eigenvalue weighted by atomic mass is 10.1. The molecule has 0 atom stereocenters. The molecule has 0 saturated carbocycles. The smallest absolute Gasteiger partial charge is 0.293 e. The number of amides is 2. The van der Waals surface area contributed by atoms with Gasteiger partial charge in [0.15, 0.2) is 11.5 Å². The number of nitrogens with zero attached hydrogens (tertiary/aromatic N) is 1. The van der Waals surface area contributed by atoms with Gasteiger partial charge < -0.3 is 14.2 Å². The molecule has 6 nitrogen and oxygen atoms in total. The quantitative estimate of drug-likeness (QED) is 0.270. The molecule has 2 amide bonds. The summed E-state index contributed by atoms with van der Waals surface area (Å²) in [5.41, 5.74) is 2.75. The van der Waals surface area contributed by atoms with Gasteiger partial charge in [0, 0.05) is 5.02 Å². The predicted molar refractivity (Wildman–Crippen MR) is 143 cm³/mol. The van der Waals surface area contributed by atoms with E-state index in [9.17, 15) is 9.59 Å². The van der Waals surface area contributed by atoms with E-state index < -0.39 is 0 Å². The summed E-state index contributed by atoms with van der Waals surface area (Å²) in [5.74, 6) is 1.05. The standard InChI is InChI=1S/C27H23Cl2NO5S/c1-17-4-3-5-18(12-17)16-35-25-22(29)13-19(14-23(25)33-2)15-24-26(31)30(27(32)36-24)10-11-34-21-8-6-20(28)7-9-21/h3-9,12-15H,10-11,16H2,1-2H3/b24-15-. The fourth-order valence-corrected chi connectivity index (χ4v) is 4.82. The van der Waals surface area contributed by atoms with Crippen molar-refractivity contribution in [2.24, 2.45) is 0 Å². The number of methoxy groups -OCH3 is 1. The molecule has 186 valence electrons. The Labute approximate surface area is 223 Å². The van der Waals surface area contributed by atoms with Crippen molar-refractivity contribution in [3.05, 3.63) is 92.3 Å². The lowest BCUT2D eigenvalue weighted by Crippen LogP contribution is -2.32. The van der Waals surface area contributed by atoms with E-state index in [2.05, 4.69) is 0 Å². The molecule has 36 heavy (non-hydrogen) atoms. The highest BCUT2D eigenvalue weighted by molar-refractivity contribution is 8.18. The first kappa shape index (κ1) is 25.9. The third-order valence-corrected chi connectivity index (χ3v) is 6.73. The lowest BCUT2D eigenvalue weighted by Gasteiger charge is -2.14. The first-order valence-corrected chi connectivity index (χ1v) is 12.6. The topological polar surface area (TPSA) is 65.1 Å². The number of hydrogen-bond acceptors (Lipinski definition) is 6. The number of rotatable bonds is 9. The fraction of sp³-hybridized carbons (Fsp3) is 0.185. The molecule has 1 aliphatic heterocycles. The molecule has 1 saturated heterocycles. The van der Waals surface area contributed by atoms with Crippen molar-refractivity contribution in [2.45, 2.75) is 13.5 Å². The van der Waals surface area contributed by atoms with Gasteiger partial charge in [-0.3, -0.25) is 14.5 Å². The molecular formula is C27H23Cl2NO5S. The van der Waals surface area contributed by atoms with Gasteiger partial charge in [0.1, 0.15) is 19.0 Å². The minimum absolute atomic E-state index is 0.125. The molecule has 1 fully saturated rings. The molecule has 0 aliphatic carbocycles. The second kappa shape index (κ2) is 11.7. The minimum Gasteiger partial charge on any atom is -0.493 e. The van der Waals surface area contributed by atoms with Gasteiger partial charge in [0.05, 0.1) is 23.6 Å². The monoisotopic (exact) mass is 543 g/mol. The second-order valence-electron chi connectivity index (χ2n) is 7.95. The SMILES string of the molecule is COc1cc(/C=C2\SC(=O)N(CCOc3ccc(Cl)cc3)C2=O)cc(Cl)c1OCc1cccc(C)c1. The number of imide groups is 1. The van der Waals surface area contributed by atoms with Crippen LogP contribution in [0.1, 0.15) is 16.7 Å². The normalized spacial score (nSPS) is 14.4. The average molecular weight is 544 g/mol. The number of hydrogen-bond donors (Lipinski definition) is 0. The maximum absolute atomic E-state index is 12.9. The largest absolute Gasteiger partial charge is 0.493 e. The Morgan fingerprint density at radius 1 is 1.00 bits per heavy atom. The summed E-state index contributed by atoms with van der Waals surface area (Å²) in [4.78, 5) is 26.7. The second-order valence-corrected chi connectivity index (χ2v) is 9.78. The number of carbonyl (C=O) groups excluding carboxylic acids is 2.